The van der Waals surface area contributed by atoms with E-state index in [1.807, 2.05) is 4.98 Å². The van der Waals surface area contributed by atoms with Gasteiger partial charge in [0.25, 0.3) is 5.56 Å². The van der Waals surface area contributed by atoms with Gasteiger partial charge in [-0.3, -0.25) is 9.78 Å². The largest absolute Gasteiger partial charge is 0.394 e. The highest BCUT2D eigenvalue weighted by atomic mass is 35.5. The minimum Gasteiger partial charge on any atom is -0.394 e. The number of aliphatic hydroxyl groups is 3. The van der Waals surface area contributed by atoms with Crippen LogP contribution in [0.15, 0.2) is 9.59 Å². The number of halogens is 1. The van der Waals surface area contributed by atoms with Crippen molar-refractivity contribution in [3.05, 3.63) is 26.4 Å². The minimum absolute atomic E-state index is 0.0518. The van der Waals surface area contributed by atoms with Crippen LogP contribution >= 0.6 is 11.6 Å². The van der Waals surface area contributed by atoms with Crippen LogP contribution in [-0.2, 0) is 10.6 Å². The summed E-state index contributed by atoms with van der Waals surface area (Å²) in [6.07, 6.45) is -5.26. The number of H-pyrrole nitrogens is 1. The summed E-state index contributed by atoms with van der Waals surface area (Å²) in [7, 11) is 0. The molecule has 0 aromatic carbocycles. The van der Waals surface area contributed by atoms with E-state index in [9.17, 15) is 19.8 Å². The van der Waals surface area contributed by atoms with Gasteiger partial charge in [0.15, 0.2) is 6.23 Å². The first kappa shape index (κ1) is 15.0. The summed E-state index contributed by atoms with van der Waals surface area (Å²) in [5.74, 6) is -0.500. The fourth-order valence-corrected chi connectivity index (χ4v) is 2.34. The molecule has 10 heteroatoms. The normalized spacial score (nSPS) is 29.8. The van der Waals surface area contributed by atoms with Gasteiger partial charge in [0.2, 0.25) is 0 Å². The molecule has 4 atom stereocenters. The Balaban J connectivity index is 2.54. The summed E-state index contributed by atoms with van der Waals surface area (Å²) >= 11 is 5.58. The standard InChI is InChI=1S/C10H14ClN3O6/c11-1-3-7(12)14(10(19)13-8(3)18)9-6(17)5(16)4(2-15)20-9/h4-6,9,15-17H,1-2,12H2,(H,13,18,19)/t4-,5-,6-,9-/m1/s1. The molecule has 9 nitrogen and oxygen atoms in total. The molecule has 1 aromatic heterocycles. The molecule has 0 bridgehead atoms. The maximum Gasteiger partial charge on any atom is 0.332 e. The van der Waals surface area contributed by atoms with E-state index in [0.29, 0.717) is 0 Å². The van der Waals surface area contributed by atoms with Gasteiger partial charge in [-0.05, 0) is 0 Å². The number of aromatic amines is 1. The van der Waals surface area contributed by atoms with E-state index >= 15 is 0 Å². The number of anilines is 1. The van der Waals surface area contributed by atoms with Crippen LogP contribution in [-0.4, -0.2) is 49.8 Å². The monoisotopic (exact) mass is 307 g/mol. The molecule has 2 rings (SSSR count). The Morgan fingerprint density at radius 3 is 2.50 bits per heavy atom. The molecule has 1 aromatic rings. The maximum absolute atomic E-state index is 11.8. The summed E-state index contributed by atoms with van der Waals surface area (Å²) in [5.41, 5.74) is 4.00. The maximum atomic E-state index is 11.8. The third kappa shape index (κ3) is 2.23. The first-order valence-electron chi connectivity index (χ1n) is 5.74. The molecule has 0 radical (unpaired) electrons. The van der Waals surface area contributed by atoms with E-state index in [1.165, 1.54) is 0 Å². The van der Waals surface area contributed by atoms with Crippen molar-refractivity contribution in [1.29, 1.82) is 0 Å². The fourth-order valence-electron chi connectivity index (χ4n) is 2.08. The molecule has 0 saturated carbocycles. The van der Waals surface area contributed by atoms with Gasteiger partial charge in [-0.25, -0.2) is 9.36 Å². The summed E-state index contributed by atoms with van der Waals surface area (Å²) in [6, 6.07) is 0. The number of nitrogens with two attached hydrogens (primary N) is 1. The Labute approximate surface area is 117 Å². The molecule has 0 aliphatic carbocycles. The molecular weight excluding hydrogens is 294 g/mol. The molecule has 20 heavy (non-hydrogen) atoms. The molecule has 0 spiro atoms. The van der Waals surface area contributed by atoms with Crippen molar-refractivity contribution in [2.45, 2.75) is 30.4 Å². The Morgan fingerprint density at radius 1 is 1.35 bits per heavy atom. The number of rotatable bonds is 3. The van der Waals surface area contributed by atoms with Crippen molar-refractivity contribution in [1.82, 2.24) is 9.55 Å². The lowest BCUT2D eigenvalue weighted by molar-refractivity contribution is -0.0539. The smallest absolute Gasteiger partial charge is 0.332 e. The molecule has 6 N–H and O–H groups in total. The Bertz CT molecular complexity index is 614. The zero-order valence-corrected chi connectivity index (χ0v) is 10.9. The number of nitrogens with zero attached hydrogens (tertiary/aromatic N) is 1. The van der Waals surface area contributed by atoms with Crippen LogP contribution in [0.5, 0.6) is 0 Å². The van der Waals surface area contributed by atoms with Gasteiger partial charge in [-0.15, -0.1) is 11.6 Å². The lowest BCUT2D eigenvalue weighted by atomic mass is 10.1. The van der Waals surface area contributed by atoms with E-state index in [2.05, 4.69) is 0 Å². The molecule has 0 unspecified atom stereocenters. The predicted molar refractivity (Wildman–Crippen MR) is 68.3 cm³/mol. The van der Waals surface area contributed by atoms with Crippen molar-refractivity contribution in [2.24, 2.45) is 0 Å². The predicted octanol–water partition coefficient (Wildman–Crippen LogP) is -2.53. The Morgan fingerprint density at radius 2 is 2.00 bits per heavy atom. The van der Waals surface area contributed by atoms with Crippen LogP contribution in [0.1, 0.15) is 11.8 Å². The third-order valence-electron chi connectivity index (χ3n) is 3.19. The van der Waals surface area contributed by atoms with E-state index < -0.39 is 42.4 Å². The molecule has 112 valence electrons. The Kier molecular flexibility index (Phi) is 4.16. The van der Waals surface area contributed by atoms with Crippen molar-refractivity contribution < 1.29 is 20.1 Å². The summed E-state index contributed by atoms with van der Waals surface area (Å²) in [6.45, 7) is -0.547. The van der Waals surface area contributed by atoms with Crippen molar-refractivity contribution in [3.63, 3.8) is 0 Å². The van der Waals surface area contributed by atoms with Crippen LogP contribution in [0, 0.1) is 0 Å². The third-order valence-corrected chi connectivity index (χ3v) is 3.45. The van der Waals surface area contributed by atoms with Gasteiger partial charge >= 0.3 is 5.69 Å². The SMILES string of the molecule is Nc1c(CCl)c(=O)[nH]c(=O)n1[C@@H]1O[C@H](CO)[C@@H](O)[C@H]1O. The second-order valence-corrected chi connectivity index (χ2v) is 4.62. The summed E-state index contributed by atoms with van der Waals surface area (Å²) in [4.78, 5) is 25.3. The van der Waals surface area contributed by atoms with Gasteiger partial charge in [-0.1, -0.05) is 0 Å². The molecule has 1 saturated heterocycles. The lowest BCUT2D eigenvalue weighted by Gasteiger charge is -2.20. The van der Waals surface area contributed by atoms with Crippen LogP contribution in [0.25, 0.3) is 0 Å². The highest BCUT2D eigenvalue weighted by Crippen LogP contribution is 2.30. The van der Waals surface area contributed by atoms with E-state index in [-0.39, 0.29) is 17.3 Å². The first-order chi connectivity index (χ1) is 9.42. The molecule has 1 aliphatic heterocycles. The molecule has 1 fully saturated rings. The number of nitrogen functional groups attached to an aromatic ring is 1. The first-order valence-corrected chi connectivity index (χ1v) is 6.27. The number of aromatic nitrogens is 2. The van der Waals surface area contributed by atoms with Crippen LogP contribution in [0.4, 0.5) is 5.82 Å². The van der Waals surface area contributed by atoms with Gasteiger partial charge < -0.3 is 25.8 Å². The highest BCUT2D eigenvalue weighted by molar-refractivity contribution is 6.17. The lowest BCUT2D eigenvalue weighted by Crippen LogP contribution is -2.40. The number of hydrogen-bond donors (Lipinski definition) is 5. The number of hydrogen-bond acceptors (Lipinski definition) is 7. The number of aliphatic hydroxyl groups excluding tert-OH is 3. The summed E-state index contributed by atoms with van der Waals surface area (Å²) in [5, 5.41) is 28.5. The summed E-state index contributed by atoms with van der Waals surface area (Å²) < 4.78 is 5.98. The minimum atomic E-state index is -1.48. The number of ether oxygens (including phenoxy) is 1. The average Bonchev–Trinajstić information content (AvgIpc) is 2.67. The Hall–Kier alpha value is -1.39. The van der Waals surface area contributed by atoms with Gasteiger partial charge in [0, 0.05) is 0 Å². The zero-order chi connectivity index (χ0) is 15.0. The molecule has 1 aliphatic rings. The molecular formula is C10H14ClN3O6. The number of alkyl halides is 1. The molecule has 0 amide bonds. The van der Waals surface area contributed by atoms with Gasteiger partial charge in [0.1, 0.15) is 24.1 Å². The second kappa shape index (κ2) is 5.54. The van der Waals surface area contributed by atoms with E-state index in [1.54, 1.807) is 0 Å². The second-order valence-electron chi connectivity index (χ2n) is 4.36. The highest BCUT2D eigenvalue weighted by Gasteiger charge is 2.44. The number of nitrogens with one attached hydrogen (secondary N) is 1. The molecule has 2 heterocycles. The van der Waals surface area contributed by atoms with Crippen molar-refractivity contribution >= 4 is 17.4 Å². The fraction of sp³-hybridized carbons (Fsp3) is 0.600. The van der Waals surface area contributed by atoms with Crippen molar-refractivity contribution in [2.75, 3.05) is 12.3 Å². The van der Waals surface area contributed by atoms with Gasteiger partial charge in [0.05, 0.1) is 18.1 Å². The van der Waals surface area contributed by atoms with E-state index in [0.717, 1.165) is 4.57 Å². The van der Waals surface area contributed by atoms with Crippen molar-refractivity contribution in [3.8, 4) is 0 Å². The van der Waals surface area contributed by atoms with Crippen LogP contribution in [0.2, 0.25) is 0 Å². The zero-order valence-electron chi connectivity index (χ0n) is 10.2. The van der Waals surface area contributed by atoms with Crippen LogP contribution in [0.3, 0.4) is 0 Å². The average molecular weight is 308 g/mol. The quantitative estimate of drug-likeness (QED) is 0.386. The topological polar surface area (TPSA) is 151 Å². The van der Waals surface area contributed by atoms with Crippen LogP contribution < -0.4 is 17.0 Å². The van der Waals surface area contributed by atoms with Gasteiger partial charge in [-0.2, -0.15) is 0 Å². The van der Waals surface area contributed by atoms with E-state index in [4.69, 9.17) is 27.2 Å².